The predicted molar refractivity (Wildman–Crippen MR) is 104 cm³/mol. The van der Waals surface area contributed by atoms with Gasteiger partial charge in [0.05, 0.1) is 14.2 Å². The van der Waals surface area contributed by atoms with Crippen molar-refractivity contribution in [3.63, 3.8) is 0 Å². The van der Waals surface area contributed by atoms with Crippen LogP contribution in [0.2, 0.25) is 0 Å². The molecule has 3 aromatic rings. The number of ether oxygens (including phenoxy) is 2. The van der Waals surface area contributed by atoms with Crippen LogP contribution in [0.3, 0.4) is 0 Å². The number of carbonyl (C=O) groups is 1. The fourth-order valence-corrected chi connectivity index (χ4v) is 2.78. The molecule has 0 radical (unpaired) electrons. The number of hydrogen-bond acceptors (Lipinski definition) is 6. The van der Waals surface area contributed by atoms with E-state index < -0.39 is 0 Å². The molecule has 28 heavy (non-hydrogen) atoms. The maximum Gasteiger partial charge on any atom is 0.274 e. The van der Waals surface area contributed by atoms with Gasteiger partial charge in [0.15, 0.2) is 11.5 Å². The lowest BCUT2D eigenvalue weighted by atomic mass is 10.2. The molecule has 0 saturated carbocycles. The van der Waals surface area contributed by atoms with Crippen LogP contribution in [-0.4, -0.2) is 41.4 Å². The van der Waals surface area contributed by atoms with E-state index in [1.54, 1.807) is 30.9 Å². The maximum absolute atomic E-state index is 12.1. The largest absolute Gasteiger partial charge is 0.493 e. The van der Waals surface area contributed by atoms with Crippen molar-refractivity contribution in [3.8, 4) is 34.5 Å². The molecule has 0 saturated heterocycles. The third-order valence-electron chi connectivity index (χ3n) is 4.28. The van der Waals surface area contributed by atoms with Crippen LogP contribution in [0.25, 0.3) is 23.0 Å². The van der Waals surface area contributed by atoms with Crippen molar-refractivity contribution in [2.24, 2.45) is 0 Å². The molecule has 0 bridgehead atoms. The summed E-state index contributed by atoms with van der Waals surface area (Å²) >= 11 is 0. The molecule has 0 aliphatic rings. The highest BCUT2D eigenvalue weighted by atomic mass is 16.5. The molecule has 148 valence electrons. The molecule has 0 aliphatic carbocycles. The Morgan fingerprint density at radius 1 is 1.21 bits per heavy atom. The highest BCUT2D eigenvalue weighted by Gasteiger charge is 2.16. The minimum Gasteiger partial charge on any atom is -0.493 e. The van der Waals surface area contributed by atoms with Crippen molar-refractivity contribution in [3.05, 3.63) is 36.5 Å². The first-order chi connectivity index (χ1) is 13.7. The van der Waals surface area contributed by atoms with E-state index in [4.69, 9.17) is 14.0 Å². The lowest BCUT2D eigenvalue weighted by Crippen LogP contribution is -2.28. The predicted octanol–water partition coefficient (Wildman–Crippen LogP) is 3.14. The van der Waals surface area contributed by atoms with Crippen LogP contribution in [0, 0.1) is 0 Å². The van der Waals surface area contributed by atoms with Gasteiger partial charge in [-0.05, 0) is 36.8 Å². The fourth-order valence-electron chi connectivity index (χ4n) is 2.78. The van der Waals surface area contributed by atoms with Gasteiger partial charge in [-0.2, -0.15) is 4.98 Å². The van der Waals surface area contributed by atoms with E-state index in [1.807, 2.05) is 24.4 Å². The maximum atomic E-state index is 12.1. The Bertz CT molecular complexity index is 932. The Morgan fingerprint density at radius 3 is 2.79 bits per heavy atom. The van der Waals surface area contributed by atoms with Crippen molar-refractivity contribution in [2.75, 3.05) is 20.8 Å². The lowest BCUT2D eigenvalue weighted by molar-refractivity contribution is -0.121. The number of amides is 1. The fraction of sp³-hybridized carbons (Fsp3) is 0.350. The minimum atomic E-state index is -0.0504. The number of aromatic nitrogens is 3. The van der Waals surface area contributed by atoms with Gasteiger partial charge >= 0.3 is 0 Å². The number of rotatable bonds is 9. The SMILES string of the molecule is CCCCNC(=O)Cn1cccc1-c1nc(-c2ccc(OC)c(OC)c2)no1. The van der Waals surface area contributed by atoms with Crippen LogP contribution in [0.1, 0.15) is 19.8 Å². The topological polar surface area (TPSA) is 91.4 Å². The number of benzene rings is 1. The van der Waals surface area contributed by atoms with Crippen molar-refractivity contribution in [1.82, 2.24) is 20.0 Å². The number of unbranched alkanes of at least 4 members (excludes halogenated alkanes) is 1. The molecular formula is C20H24N4O4. The van der Waals surface area contributed by atoms with E-state index in [-0.39, 0.29) is 12.5 Å². The summed E-state index contributed by atoms with van der Waals surface area (Å²) in [4.78, 5) is 16.6. The molecule has 0 atom stereocenters. The highest BCUT2D eigenvalue weighted by Crippen LogP contribution is 2.32. The first-order valence-corrected chi connectivity index (χ1v) is 9.14. The summed E-state index contributed by atoms with van der Waals surface area (Å²) in [5, 5.41) is 6.96. The summed E-state index contributed by atoms with van der Waals surface area (Å²) in [6.07, 6.45) is 3.81. The number of methoxy groups -OCH3 is 2. The Hall–Kier alpha value is -3.29. The first-order valence-electron chi connectivity index (χ1n) is 9.14. The van der Waals surface area contributed by atoms with Crippen LogP contribution in [0.5, 0.6) is 11.5 Å². The van der Waals surface area contributed by atoms with Gasteiger partial charge in [-0.1, -0.05) is 18.5 Å². The van der Waals surface area contributed by atoms with Crippen LogP contribution < -0.4 is 14.8 Å². The first kappa shape index (κ1) is 19.5. The van der Waals surface area contributed by atoms with E-state index in [0.29, 0.717) is 35.5 Å². The van der Waals surface area contributed by atoms with E-state index in [1.165, 1.54) is 0 Å². The standard InChI is InChI=1S/C20H24N4O4/c1-4-5-10-21-18(25)13-24-11-6-7-15(24)20-22-19(23-28-20)14-8-9-16(26-2)17(12-14)27-3/h6-9,11-12H,4-5,10,13H2,1-3H3,(H,21,25). The second-order valence-electron chi connectivity index (χ2n) is 6.22. The molecule has 2 aromatic heterocycles. The Labute approximate surface area is 163 Å². The Kier molecular flexibility index (Phi) is 6.31. The second-order valence-corrected chi connectivity index (χ2v) is 6.22. The van der Waals surface area contributed by atoms with Gasteiger partial charge in [0.2, 0.25) is 11.7 Å². The molecule has 8 heteroatoms. The number of nitrogens with one attached hydrogen (secondary N) is 1. The average Bonchev–Trinajstić information content (AvgIpc) is 3.37. The Morgan fingerprint density at radius 2 is 2.04 bits per heavy atom. The van der Waals surface area contributed by atoms with E-state index in [2.05, 4.69) is 22.4 Å². The van der Waals surface area contributed by atoms with Gasteiger partial charge in [-0.3, -0.25) is 4.79 Å². The van der Waals surface area contributed by atoms with Gasteiger partial charge in [0.25, 0.3) is 5.89 Å². The molecular weight excluding hydrogens is 360 g/mol. The summed E-state index contributed by atoms with van der Waals surface area (Å²) in [6, 6.07) is 9.08. The number of nitrogens with zero attached hydrogens (tertiary/aromatic N) is 3. The summed E-state index contributed by atoms with van der Waals surface area (Å²) < 4.78 is 17.8. The summed E-state index contributed by atoms with van der Waals surface area (Å²) in [7, 11) is 3.15. The van der Waals surface area contributed by atoms with Gasteiger partial charge in [-0.25, -0.2) is 0 Å². The monoisotopic (exact) mass is 384 g/mol. The highest BCUT2D eigenvalue weighted by molar-refractivity contribution is 5.76. The smallest absolute Gasteiger partial charge is 0.274 e. The molecule has 1 N–H and O–H groups in total. The van der Waals surface area contributed by atoms with E-state index in [9.17, 15) is 4.79 Å². The minimum absolute atomic E-state index is 0.0504. The number of carbonyl (C=O) groups excluding carboxylic acids is 1. The summed E-state index contributed by atoms with van der Waals surface area (Å²) in [5.41, 5.74) is 1.42. The van der Waals surface area contributed by atoms with Gasteiger partial charge in [-0.15, -0.1) is 0 Å². The molecule has 8 nitrogen and oxygen atoms in total. The van der Waals surface area contributed by atoms with Crippen molar-refractivity contribution >= 4 is 5.91 Å². The van der Waals surface area contributed by atoms with Crippen molar-refractivity contribution in [2.45, 2.75) is 26.3 Å². The summed E-state index contributed by atoms with van der Waals surface area (Å²) in [5.74, 6) is 1.93. The third-order valence-corrected chi connectivity index (χ3v) is 4.28. The van der Waals surface area contributed by atoms with E-state index in [0.717, 1.165) is 18.4 Å². The zero-order chi connectivity index (χ0) is 19.9. The third kappa shape index (κ3) is 4.33. The quantitative estimate of drug-likeness (QED) is 0.570. The zero-order valence-corrected chi connectivity index (χ0v) is 16.3. The van der Waals surface area contributed by atoms with E-state index >= 15 is 0 Å². The molecule has 0 aliphatic heterocycles. The van der Waals surface area contributed by atoms with Crippen LogP contribution >= 0.6 is 0 Å². The molecule has 0 unspecified atom stereocenters. The lowest BCUT2D eigenvalue weighted by Gasteiger charge is -2.08. The molecule has 1 amide bonds. The van der Waals surface area contributed by atoms with Crippen LogP contribution in [-0.2, 0) is 11.3 Å². The normalized spacial score (nSPS) is 10.7. The van der Waals surface area contributed by atoms with Gasteiger partial charge < -0.3 is 23.9 Å². The van der Waals surface area contributed by atoms with Crippen LogP contribution in [0.4, 0.5) is 0 Å². The number of hydrogen-bond donors (Lipinski definition) is 1. The van der Waals surface area contributed by atoms with Gasteiger partial charge in [0, 0.05) is 18.3 Å². The molecule has 0 fully saturated rings. The summed E-state index contributed by atoms with van der Waals surface area (Å²) in [6.45, 7) is 2.96. The molecule has 0 spiro atoms. The Balaban J connectivity index is 1.78. The molecule has 2 heterocycles. The van der Waals surface area contributed by atoms with Gasteiger partial charge in [0.1, 0.15) is 12.2 Å². The molecule has 1 aromatic carbocycles. The van der Waals surface area contributed by atoms with Crippen LogP contribution in [0.15, 0.2) is 41.1 Å². The second kappa shape index (κ2) is 9.07. The average molecular weight is 384 g/mol. The van der Waals surface area contributed by atoms with Crippen molar-refractivity contribution < 1.29 is 18.8 Å². The zero-order valence-electron chi connectivity index (χ0n) is 16.3. The van der Waals surface area contributed by atoms with Crippen molar-refractivity contribution in [1.29, 1.82) is 0 Å². The molecule has 3 rings (SSSR count).